The highest BCUT2D eigenvalue weighted by Crippen LogP contribution is 2.16. The molecule has 3 rings (SSSR count). The normalized spacial score (nSPS) is 14.2. The first kappa shape index (κ1) is 23.4. The maximum atomic E-state index is 13.3. The van der Waals surface area contributed by atoms with Crippen molar-refractivity contribution in [1.82, 2.24) is 14.7 Å². The van der Waals surface area contributed by atoms with Crippen LogP contribution in [-0.4, -0.2) is 59.2 Å². The number of halogens is 1. The third kappa shape index (κ3) is 7.14. The number of carbonyl (C=O) groups excluding carboxylic acids is 2. The van der Waals surface area contributed by atoms with Crippen LogP contribution in [0.3, 0.4) is 0 Å². The van der Waals surface area contributed by atoms with Gasteiger partial charge in [0.25, 0.3) is 0 Å². The van der Waals surface area contributed by atoms with E-state index in [4.69, 9.17) is 0 Å². The molecule has 2 amide bonds. The van der Waals surface area contributed by atoms with Gasteiger partial charge >= 0.3 is 0 Å². The molecule has 0 spiro atoms. The number of likely N-dealkylation sites (tertiary alicyclic amines) is 1. The summed E-state index contributed by atoms with van der Waals surface area (Å²) in [6.07, 6.45) is 2.40. The monoisotopic (exact) mass is 445 g/mol. The Morgan fingerprint density at radius 2 is 1.77 bits per heavy atom. The van der Waals surface area contributed by atoms with E-state index >= 15 is 0 Å². The first-order chi connectivity index (χ1) is 14.9. The molecule has 1 aliphatic heterocycles. The zero-order valence-corrected chi connectivity index (χ0v) is 19.2. The lowest BCUT2D eigenvalue weighted by Gasteiger charge is -2.30. The number of carbonyl (C=O) groups is 2. The van der Waals surface area contributed by atoms with Gasteiger partial charge in [-0.3, -0.25) is 9.59 Å². The van der Waals surface area contributed by atoms with Gasteiger partial charge in [-0.2, -0.15) is 0 Å². The van der Waals surface area contributed by atoms with E-state index in [1.165, 1.54) is 25.0 Å². The Labute approximate surface area is 188 Å². The molecule has 1 fully saturated rings. The van der Waals surface area contributed by atoms with E-state index in [2.05, 4.69) is 4.90 Å². The van der Waals surface area contributed by atoms with E-state index in [0.29, 0.717) is 19.6 Å². The second-order valence-corrected chi connectivity index (χ2v) is 9.45. The van der Waals surface area contributed by atoms with Crippen LogP contribution in [0.25, 0.3) is 0 Å². The van der Waals surface area contributed by atoms with Gasteiger partial charge in [0.05, 0.1) is 13.1 Å². The van der Waals surface area contributed by atoms with Crippen LogP contribution < -0.4 is 0 Å². The summed E-state index contributed by atoms with van der Waals surface area (Å²) < 4.78 is 13.3. The number of thiophene rings is 1. The molecule has 0 atom stereocenters. The molecule has 1 aromatic heterocycles. The number of hydrogen-bond acceptors (Lipinski definition) is 4. The smallest absolute Gasteiger partial charge is 0.242 e. The van der Waals surface area contributed by atoms with Crippen molar-refractivity contribution < 1.29 is 14.0 Å². The van der Waals surface area contributed by atoms with E-state index < -0.39 is 0 Å². The van der Waals surface area contributed by atoms with Crippen LogP contribution in [0.4, 0.5) is 4.39 Å². The minimum atomic E-state index is -0.296. The predicted octanol–water partition coefficient (Wildman–Crippen LogP) is 4.00. The first-order valence-electron chi connectivity index (χ1n) is 11.0. The summed E-state index contributed by atoms with van der Waals surface area (Å²) in [5, 5.41) is 1.99. The first-order valence-corrected chi connectivity index (χ1v) is 11.9. The van der Waals surface area contributed by atoms with Crippen LogP contribution in [-0.2, 0) is 22.7 Å². The summed E-state index contributed by atoms with van der Waals surface area (Å²) in [6, 6.07) is 10.2. The number of benzene rings is 1. The van der Waals surface area contributed by atoms with E-state index in [1.54, 1.807) is 33.3 Å². The molecule has 7 heteroatoms. The molecule has 0 N–H and O–H groups in total. The Morgan fingerprint density at radius 1 is 1.06 bits per heavy atom. The topological polar surface area (TPSA) is 43.9 Å². The Hall–Kier alpha value is -2.25. The van der Waals surface area contributed by atoms with Crippen LogP contribution in [0.5, 0.6) is 0 Å². The second-order valence-electron chi connectivity index (χ2n) is 8.42. The highest BCUT2D eigenvalue weighted by atomic mass is 32.1. The van der Waals surface area contributed by atoms with E-state index in [9.17, 15) is 14.0 Å². The van der Waals surface area contributed by atoms with Gasteiger partial charge in [0.1, 0.15) is 5.82 Å². The summed E-state index contributed by atoms with van der Waals surface area (Å²) in [5.74, 6) is -0.539. The lowest BCUT2D eigenvalue weighted by atomic mass is 10.1. The van der Waals surface area contributed by atoms with Crippen molar-refractivity contribution in [3.8, 4) is 0 Å². The van der Waals surface area contributed by atoms with Gasteiger partial charge < -0.3 is 14.7 Å². The fraction of sp³-hybridized carbons (Fsp3) is 0.500. The van der Waals surface area contributed by atoms with Gasteiger partial charge in [0, 0.05) is 30.4 Å². The Balaban J connectivity index is 1.70. The maximum Gasteiger partial charge on any atom is 0.242 e. The van der Waals surface area contributed by atoms with Crippen LogP contribution in [0, 0.1) is 11.7 Å². The van der Waals surface area contributed by atoms with Crippen molar-refractivity contribution >= 4 is 23.2 Å². The Bertz CT molecular complexity index is 833. The van der Waals surface area contributed by atoms with Crippen molar-refractivity contribution in [2.45, 2.75) is 39.8 Å². The lowest BCUT2D eigenvalue weighted by Crippen LogP contribution is -2.46. The van der Waals surface area contributed by atoms with Crippen molar-refractivity contribution in [2.24, 2.45) is 5.92 Å². The zero-order chi connectivity index (χ0) is 22.2. The van der Waals surface area contributed by atoms with Gasteiger partial charge in [-0.25, -0.2) is 4.39 Å². The molecule has 0 saturated carbocycles. The molecule has 5 nitrogen and oxygen atoms in total. The standard InChI is InChI=1S/C24H32FN3O2S/c1-19(2)24(30)27(14-13-26-11-3-4-12-26)18-23(29)28(17-22-6-5-15-31-22)16-20-7-9-21(25)10-8-20/h5-10,15,19H,3-4,11-14,16-18H2,1-2H3. The average molecular weight is 446 g/mol. The van der Waals surface area contributed by atoms with E-state index in [0.717, 1.165) is 30.1 Å². The molecule has 1 aromatic carbocycles. The fourth-order valence-corrected chi connectivity index (χ4v) is 4.52. The van der Waals surface area contributed by atoms with Crippen molar-refractivity contribution in [3.05, 3.63) is 58.0 Å². The summed E-state index contributed by atoms with van der Waals surface area (Å²) in [4.78, 5) is 33.0. The predicted molar refractivity (Wildman–Crippen MR) is 122 cm³/mol. The molecule has 0 bridgehead atoms. The fourth-order valence-electron chi connectivity index (χ4n) is 3.80. The third-order valence-corrected chi connectivity index (χ3v) is 6.44. The summed E-state index contributed by atoms with van der Waals surface area (Å²) in [7, 11) is 0. The summed E-state index contributed by atoms with van der Waals surface area (Å²) in [6.45, 7) is 8.16. The van der Waals surface area contributed by atoms with Crippen molar-refractivity contribution in [2.75, 3.05) is 32.7 Å². The zero-order valence-electron chi connectivity index (χ0n) is 18.4. The van der Waals surface area contributed by atoms with Crippen molar-refractivity contribution in [3.63, 3.8) is 0 Å². The third-order valence-electron chi connectivity index (χ3n) is 5.58. The highest BCUT2D eigenvalue weighted by molar-refractivity contribution is 7.09. The SMILES string of the molecule is CC(C)C(=O)N(CCN1CCCC1)CC(=O)N(Cc1ccc(F)cc1)Cc1cccs1. The van der Waals surface area contributed by atoms with Gasteiger partial charge in [0.15, 0.2) is 0 Å². The van der Waals surface area contributed by atoms with E-state index in [1.807, 2.05) is 31.4 Å². The van der Waals surface area contributed by atoms with Crippen LogP contribution in [0.1, 0.15) is 37.1 Å². The molecule has 2 aromatic rings. The van der Waals surface area contributed by atoms with Gasteiger partial charge in [-0.1, -0.05) is 32.0 Å². The van der Waals surface area contributed by atoms with Gasteiger partial charge in [-0.15, -0.1) is 11.3 Å². The Kier molecular flexibility index (Phi) is 8.60. The molecule has 0 aliphatic carbocycles. The maximum absolute atomic E-state index is 13.3. The largest absolute Gasteiger partial charge is 0.332 e. The van der Waals surface area contributed by atoms with Crippen LogP contribution in [0.15, 0.2) is 41.8 Å². The molecule has 1 aliphatic rings. The molecular formula is C24H32FN3O2S. The quantitative estimate of drug-likeness (QED) is 0.555. The van der Waals surface area contributed by atoms with Crippen LogP contribution in [0.2, 0.25) is 0 Å². The van der Waals surface area contributed by atoms with Gasteiger partial charge in [-0.05, 0) is 55.1 Å². The minimum absolute atomic E-state index is 0.00500. The van der Waals surface area contributed by atoms with Crippen molar-refractivity contribution in [1.29, 1.82) is 0 Å². The summed E-state index contributed by atoms with van der Waals surface area (Å²) >= 11 is 1.60. The minimum Gasteiger partial charge on any atom is -0.332 e. The van der Waals surface area contributed by atoms with Gasteiger partial charge in [0.2, 0.25) is 11.8 Å². The summed E-state index contributed by atoms with van der Waals surface area (Å²) in [5.41, 5.74) is 0.866. The molecule has 1 saturated heterocycles. The number of rotatable bonds is 10. The average Bonchev–Trinajstić information content (AvgIpc) is 3.45. The molecule has 168 valence electrons. The number of nitrogens with zero attached hydrogens (tertiary/aromatic N) is 3. The number of hydrogen-bond donors (Lipinski definition) is 0. The molecular weight excluding hydrogens is 413 g/mol. The molecule has 31 heavy (non-hydrogen) atoms. The number of amides is 2. The molecule has 0 radical (unpaired) electrons. The molecule has 0 unspecified atom stereocenters. The second kappa shape index (κ2) is 11.4. The highest BCUT2D eigenvalue weighted by Gasteiger charge is 2.24. The van der Waals surface area contributed by atoms with Crippen LogP contribution >= 0.6 is 11.3 Å². The van der Waals surface area contributed by atoms with E-state index in [-0.39, 0.29) is 30.1 Å². The Morgan fingerprint density at radius 3 is 2.39 bits per heavy atom. The lowest BCUT2D eigenvalue weighted by molar-refractivity contribution is -0.143. The molecule has 2 heterocycles.